The summed E-state index contributed by atoms with van der Waals surface area (Å²) in [5.74, 6) is 1.61. The Hall–Kier alpha value is -3.13. The lowest BCUT2D eigenvalue weighted by Crippen LogP contribution is -2.15. The number of anilines is 1. The molecule has 1 aromatic carbocycles. The van der Waals surface area contributed by atoms with Crippen LogP contribution < -0.4 is 11.1 Å². The highest BCUT2D eigenvalue weighted by Crippen LogP contribution is 2.22. The summed E-state index contributed by atoms with van der Waals surface area (Å²) < 4.78 is 0. The summed E-state index contributed by atoms with van der Waals surface area (Å²) in [6.07, 6.45) is 5.37. The van der Waals surface area contributed by atoms with Crippen LogP contribution in [0.4, 0.5) is 5.69 Å². The highest BCUT2D eigenvalue weighted by molar-refractivity contribution is 5.95. The van der Waals surface area contributed by atoms with Gasteiger partial charge in [0.1, 0.15) is 5.69 Å². The molecule has 1 aromatic heterocycles. The van der Waals surface area contributed by atoms with Crippen molar-refractivity contribution in [1.29, 1.82) is 0 Å². The summed E-state index contributed by atoms with van der Waals surface area (Å²) in [4.78, 5) is 26.7. The number of pyridine rings is 1. The van der Waals surface area contributed by atoms with Crippen molar-refractivity contribution in [3.05, 3.63) is 47.7 Å². The zero-order valence-electron chi connectivity index (χ0n) is 11.4. The maximum atomic E-state index is 11.4. The van der Waals surface area contributed by atoms with Crippen molar-refractivity contribution in [2.75, 3.05) is 5.32 Å². The second-order valence-electron chi connectivity index (χ2n) is 4.40. The standard InChI is InChI=1S/C16H13N3O2/c1-3-11-5-4-6-12(7-11)14-8-13(18-10(2)20)9-15(19-14)16(17)21/h1,4-9H,2H3,(H2,17,21)(H,18,19,20). The third-order valence-electron chi connectivity index (χ3n) is 2.72. The molecule has 1 heterocycles. The maximum absolute atomic E-state index is 11.4. The van der Waals surface area contributed by atoms with Crippen LogP contribution in [0.2, 0.25) is 0 Å². The summed E-state index contributed by atoms with van der Waals surface area (Å²) in [6, 6.07) is 10.2. The zero-order valence-corrected chi connectivity index (χ0v) is 11.4. The van der Waals surface area contributed by atoms with Crippen LogP contribution in [0.3, 0.4) is 0 Å². The topological polar surface area (TPSA) is 85.1 Å². The van der Waals surface area contributed by atoms with E-state index in [1.165, 1.54) is 13.0 Å². The first-order valence-corrected chi connectivity index (χ1v) is 6.16. The second-order valence-corrected chi connectivity index (χ2v) is 4.40. The Morgan fingerprint density at radius 2 is 2.05 bits per heavy atom. The lowest BCUT2D eigenvalue weighted by Gasteiger charge is -2.08. The third kappa shape index (κ3) is 3.45. The molecule has 0 saturated carbocycles. The van der Waals surface area contributed by atoms with E-state index in [0.717, 1.165) is 5.56 Å². The van der Waals surface area contributed by atoms with Crippen LogP contribution >= 0.6 is 0 Å². The van der Waals surface area contributed by atoms with Crippen LogP contribution in [0, 0.1) is 12.3 Å². The van der Waals surface area contributed by atoms with Crippen molar-refractivity contribution in [1.82, 2.24) is 4.98 Å². The maximum Gasteiger partial charge on any atom is 0.267 e. The molecule has 0 aliphatic heterocycles. The Morgan fingerprint density at radius 1 is 1.29 bits per heavy atom. The number of terminal acetylenes is 1. The number of nitrogens with zero attached hydrogens (tertiary/aromatic N) is 1. The summed E-state index contributed by atoms with van der Waals surface area (Å²) in [7, 11) is 0. The van der Waals surface area contributed by atoms with Gasteiger partial charge in [0.25, 0.3) is 5.91 Å². The van der Waals surface area contributed by atoms with Crippen LogP contribution in [0.1, 0.15) is 23.0 Å². The molecular formula is C16H13N3O2. The largest absolute Gasteiger partial charge is 0.364 e. The van der Waals surface area contributed by atoms with Gasteiger partial charge in [-0.05, 0) is 24.3 Å². The van der Waals surface area contributed by atoms with Crippen molar-refractivity contribution in [3.63, 3.8) is 0 Å². The van der Waals surface area contributed by atoms with Crippen molar-refractivity contribution in [2.24, 2.45) is 5.73 Å². The molecular weight excluding hydrogens is 266 g/mol. The minimum atomic E-state index is -0.670. The molecule has 0 aliphatic rings. The van der Waals surface area contributed by atoms with E-state index in [-0.39, 0.29) is 11.6 Å². The van der Waals surface area contributed by atoms with Gasteiger partial charge in [0.15, 0.2) is 0 Å². The number of nitrogens with one attached hydrogen (secondary N) is 1. The van der Waals surface area contributed by atoms with Gasteiger partial charge in [-0.3, -0.25) is 9.59 Å². The van der Waals surface area contributed by atoms with Crippen LogP contribution in [0.5, 0.6) is 0 Å². The van der Waals surface area contributed by atoms with Gasteiger partial charge in [-0.25, -0.2) is 4.98 Å². The molecule has 0 aliphatic carbocycles. The number of nitrogens with two attached hydrogens (primary N) is 1. The second kappa shape index (κ2) is 5.88. The van der Waals surface area contributed by atoms with Gasteiger partial charge < -0.3 is 11.1 Å². The average Bonchev–Trinajstić information content (AvgIpc) is 2.46. The van der Waals surface area contributed by atoms with Crippen LogP contribution in [-0.2, 0) is 4.79 Å². The van der Waals surface area contributed by atoms with Gasteiger partial charge in [-0.1, -0.05) is 18.1 Å². The van der Waals surface area contributed by atoms with Crippen LogP contribution in [-0.4, -0.2) is 16.8 Å². The highest BCUT2D eigenvalue weighted by atomic mass is 16.1. The zero-order chi connectivity index (χ0) is 15.4. The fraction of sp³-hybridized carbons (Fsp3) is 0.0625. The Morgan fingerprint density at radius 3 is 2.67 bits per heavy atom. The Bertz CT molecular complexity index is 760. The van der Waals surface area contributed by atoms with E-state index in [1.54, 1.807) is 24.3 Å². The van der Waals surface area contributed by atoms with Gasteiger partial charge in [0, 0.05) is 23.7 Å². The van der Waals surface area contributed by atoms with E-state index in [9.17, 15) is 9.59 Å². The number of rotatable bonds is 3. The Labute approximate surface area is 122 Å². The average molecular weight is 279 g/mol. The Balaban J connectivity index is 2.56. The van der Waals surface area contributed by atoms with E-state index in [4.69, 9.17) is 12.2 Å². The van der Waals surface area contributed by atoms with E-state index in [1.807, 2.05) is 6.07 Å². The molecule has 0 spiro atoms. The highest BCUT2D eigenvalue weighted by Gasteiger charge is 2.10. The summed E-state index contributed by atoms with van der Waals surface area (Å²) in [5, 5.41) is 2.61. The molecule has 5 nitrogen and oxygen atoms in total. The first-order valence-electron chi connectivity index (χ1n) is 6.16. The van der Waals surface area contributed by atoms with Crippen molar-refractivity contribution in [2.45, 2.75) is 6.92 Å². The predicted molar refractivity (Wildman–Crippen MR) is 80.4 cm³/mol. The number of hydrogen-bond acceptors (Lipinski definition) is 3. The SMILES string of the molecule is C#Cc1cccc(-c2cc(NC(C)=O)cc(C(N)=O)n2)c1. The Kier molecular flexibility index (Phi) is 4.00. The van der Waals surface area contributed by atoms with E-state index < -0.39 is 5.91 Å². The number of carbonyl (C=O) groups is 2. The van der Waals surface area contributed by atoms with E-state index in [0.29, 0.717) is 16.9 Å². The molecule has 2 aromatic rings. The fourth-order valence-corrected chi connectivity index (χ4v) is 1.85. The summed E-state index contributed by atoms with van der Waals surface area (Å²) in [5.41, 5.74) is 7.73. The molecule has 5 heteroatoms. The lowest BCUT2D eigenvalue weighted by atomic mass is 10.1. The van der Waals surface area contributed by atoms with Gasteiger partial charge in [0.05, 0.1) is 5.69 Å². The van der Waals surface area contributed by atoms with Gasteiger partial charge >= 0.3 is 0 Å². The predicted octanol–water partition coefficient (Wildman–Crippen LogP) is 1.79. The molecule has 21 heavy (non-hydrogen) atoms. The van der Waals surface area contributed by atoms with Gasteiger partial charge in [0.2, 0.25) is 5.91 Å². The summed E-state index contributed by atoms with van der Waals surface area (Å²) >= 11 is 0. The molecule has 3 N–H and O–H groups in total. The van der Waals surface area contributed by atoms with Crippen LogP contribution in [0.15, 0.2) is 36.4 Å². The molecule has 2 rings (SSSR count). The normalized spacial score (nSPS) is 9.71. The molecule has 0 unspecified atom stereocenters. The molecule has 0 atom stereocenters. The van der Waals surface area contributed by atoms with Gasteiger partial charge in [-0.2, -0.15) is 0 Å². The monoisotopic (exact) mass is 279 g/mol. The molecule has 0 bridgehead atoms. The smallest absolute Gasteiger partial charge is 0.267 e. The first kappa shape index (κ1) is 14.3. The van der Waals surface area contributed by atoms with E-state index >= 15 is 0 Å². The van der Waals surface area contributed by atoms with Crippen molar-refractivity contribution in [3.8, 4) is 23.6 Å². The number of benzene rings is 1. The van der Waals surface area contributed by atoms with Crippen LogP contribution in [0.25, 0.3) is 11.3 Å². The third-order valence-corrected chi connectivity index (χ3v) is 2.72. The lowest BCUT2D eigenvalue weighted by molar-refractivity contribution is -0.114. The minimum absolute atomic E-state index is 0.0716. The number of amides is 2. The van der Waals surface area contributed by atoms with Crippen molar-refractivity contribution < 1.29 is 9.59 Å². The molecule has 0 saturated heterocycles. The van der Waals surface area contributed by atoms with Crippen molar-refractivity contribution >= 4 is 17.5 Å². The number of hydrogen-bond donors (Lipinski definition) is 2. The number of aromatic nitrogens is 1. The molecule has 104 valence electrons. The molecule has 2 amide bonds. The van der Waals surface area contributed by atoms with Gasteiger partial charge in [-0.15, -0.1) is 6.42 Å². The molecule has 0 radical (unpaired) electrons. The first-order chi connectivity index (χ1) is 9.99. The summed E-state index contributed by atoms with van der Waals surface area (Å²) in [6.45, 7) is 1.38. The minimum Gasteiger partial charge on any atom is -0.364 e. The fourth-order valence-electron chi connectivity index (χ4n) is 1.85. The quantitative estimate of drug-likeness (QED) is 0.840. The number of primary amides is 1. The van der Waals surface area contributed by atoms with E-state index in [2.05, 4.69) is 16.2 Å². The number of carbonyl (C=O) groups excluding carboxylic acids is 2. The molecule has 0 fully saturated rings.